The summed E-state index contributed by atoms with van der Waals surface area (Å²) in [6, 6.07) is 22.3. The number of hydrogen-bond donors (Lipinski definition) is 1. The SMILES string of the molecule is CC(C)(C)c1ccc(O[P+](O)(Oc2ccc(C(C)(C)C)cc2)c2ccc(C(C)(C)C)cc2C(C)(C)C)cc1. The van der Waals surface area contributed by atoms with E-state index in [4.69, 9.17) is 9.05 Å². The van der Waals surface area contributed by atoms with Crippen LogP contribution in [0.5, 0.6) is 11.5 Å². The Kier molecular flexibility index (Phi) is 8.20. The summed E-state index contributed by atoms with van der Waals surface area (Å²) in [5.41, 5.74) is 4.44. The Hall–Kier alpha value is -2.35. The highest BCUT2D eigenvalue weighted by Gasteiger charge is 2.51. The zero-order valence-electron chi connectivity index (χ0n) is 25.6. The van der Waals surface area contributed by atoms with Crippen molar-refractivity contribution in [3.63, 3.8) is 0 Å². The van der Waals surface area contributed by atoms with Gasteiger partial charge in [-0.05, 0) is 68.7 Å². The molecule has 3 aromatic rings. The molecule has 0 saturated heterocycles. The van der Waals surface area contributed by atoms with E-state index in [9.17, 15) is 4.89 Å². The Labute approximate surface area is 232 Å². The van der Waals surface area contributed by atoms with Gasteiger partial charge in [0.25, 0.3) is 0 Å². The van der Waals surface area contributed by atoms with E-state index in [1.807, 2.05) is 30.3 Å². The van der Waals surface area contributed by atoms with E-state index in [1.165, 1.54) is 16.7 Å². The maximum atomic E-state index is 12.4. The molecule has 3 aromatic carbocycles. The summed E-state index contributed by atoms with van der Waals surface area (Å²) in [5.74, 6) is 1.17. The van der Waals surface area contributed by atoms with Gasteiger partial charge in [-0.1, -0.05) is 119 Å². The van der Waals surface area contributed by atoms with Crippen LogP contribution in [0.3, 0.4) is 0 Å². The van der Waals surface area contributed by atoms with Crippen LogP contribution in [0.25, 0.3) is 0 Å². The Morgan fingerprint density at radius 2 is 0.816 bits per heavy atom. The van der Waals surface area contributed by atoms with Gasteiger partial charge in [-0.2, -0.15) is 4.89 Å². The molecule has 0 unspecified atom stereocenters. The quantitative estimate of drug-likeness (QED) is 0.331. The number of rotatable bonds is 5. The average Bonchev–Trinajstić information content (AvgIpc) is 2.77. The van der Waals surface area contributed by atoms with Crippen molar-refractivity contribution in [3.8, 4) is 11.5 Å². The molecule has 0 saturated carbocycles. The highest BCUT2D eigenvalue weighted by Crippen LogP contribution is 2.57. The van der Waals surface area contributed by atoms with Crippen molar-refractivity contribution in [1.29, 1.82) is 0 Å². The molecule has 0 amide bonds. The van der Waals surface area contributed by atoms with Crippen LogP contribution in [0.1, 0.15) is 105 Å². The molecule has 206 valence electrons. The van der Waals surface area contributed by atoms with Crippen molar-refractivity contribution in [2.75, 3.05) is 0 Å². The zero-order valence-corrected chi connectivity index (χ0v) is 26.5. The first-order chi connectivity index (χ1) is 17.2. The molecule has 0 spiro atoms. The largest absolute Gasteiger partial charge is 0.533 e. The molecule has 3 rings (SSSR count). The van der Waals surface area contributed by atoms with E-state index in [1.54, 1.807) is 0 Å². The van der Waals surface area contributed by atoms with Crippen LogP contribution < -0.4 is 14.4 Å². The molecule has 1 N–H and O–H groups in total. The van der Waals surface area contributed by atoms with Gasteiger partial charge in [0, 0.05) is 5.56 Å². The Morgan fingerprint density at radius 1 is 0.474 bits per heavy atom. The second-order valence-electron chi connectivity index (χ2n) is 14.5. The first kappa shape index (κ1) is 30.2. The Morgan fingerprint density at radius 3 is 1.13 bits per heavy atom. The molecule has 0 aliphatic rings. The molecule has 0 heterocycles. The summed E-state index contributed by atoms with van der Waals surface area (Å²) in [7, 11) is -3.58. The molecule has 0 aliphatic heterocycles. The molecule has 0 aromatic heterocycles. The van der Waals surface area contributed by atoms with E-state index >= 15 is 0 Å². The van der Waals surface area contributed by atoms with Gasteiger partial charge in [0.15, 0.2) is 11.5 Å². The monoisotopic (exact) mass is 535 g/mol. The van der Waals surface area contributed by atoms with E-state index in [0.29, 0.717) is 16.8 Å². The third kappa shape index (κ3) is 7.19. The second-order valence-corrected chi connectivity index (χ2v) is 16.4. The lowest BCUT2D eigenvalue weighted by molar-refractivity contribution is 0.360. The van der Waals surface area contributed by atoms with Gasteiger partial charge in [-0.15, -0.1) is 0 Å². The van der Waals surface area contributed by atoms with Gasteiger partial charge < -0.3 is 0 Å². The van der Waals surface area contributed by atoms with Crippen molar-refractivity contribution in [3.05, 3.63) is 89.0 Å². The van der Waals surface area contributed by atoms with E-state index in [0.717, 1.165) is 5.56 Å². The highest BCUT2D eigenvalue weighted by molar-refractivity contribution is 7.69. The van der Waals surface area contributed by atoms with Crippen molar-refractivity contribution < 1.29 is 13.9 Å². The normalized spacial score (nSPS) is 13.4. The van der Waals surface area contributed by atoms with E-state index in [2.05, 4.69) is 119 Å². The molecular formula is C34H48O3P+. The third-order valence-electron chi connectivity index (χ3n) is 6.87. The average molecular weight is 536 g/mol. The second kappa shape index (κ2) is 10.3. The fourth-order valence-electron chi connectivity index (χ4n) is 4.28. The predicted molar refractivity (Wildman–Crippen MR) is 164 cm³/mol. The number of benzene rings is 3. The molecule has 38 heavy (non-hydrogen) atoms. The Bertz CT molecular complexity index is 1170. The fraction of sp³-hybridized carbons (Fsp3) is 0.471. The first-order valence-electron chi connectivity index (χ1n) is 13.6. The zero-order chi connectivity index (χ0) is 28.7. The van der Waals surface area contributed by atoms with Crippen molar-refractivity contribution in [1.82, 2.24) is 0 Å². The molecule has 4 heteroatoms. The van der Waals surface area contributed by atoms with Crippen LogP contribution in [-0.2, 0) is 21.7 Å². The highest BCUT2D eigenvalue weighted by atomic mass is 31.2. The van der Waals surface area contributed by atoms with Crippen LogP contribution in [0.2, 0.25) is 0 Å². The van der Waals surface area contributed by atoms with Gasteiger partial charge in [-0.25, -0.2) is 0 Å². The first-order valence-corrected chi connectivity index (χ1v) is 15.2. The van der Waals surface area contributed by atoms with Crippen LogP contribution in [0.4, 0.5) is 0 Å². The molecule has 0 atom stereocenters. The van der Waals surface area contributed by atoms with Crippen LogP contribution in [-0.4, -0.2) is 4.89 Å². The summed E-state index contributed by atoms with van der Waals surface area (Å²) >= 11 is 0. The molecule has 0 aliphatic carbocycles. The lowest BCUT2D eigenvalue weighted by Gasteiger charge is -2.28. The summed E-state index contributed by atoms with van der Waals surface area (Å²) in [6.07, 6.45) is 0. The molecule has 0 bridgehead atoms. The maximum absolute atomic E-state index is 12.4. The lowest BCUT2D eigenvalue weighted by atomic mass is 9.81. The van der Waals surface area contributed by atoms with Crippen molar-refractivity contribution >= 4 is 13.2 Å². The Balaban J connectivity index is 2.15. The van der Waals surface area contributed by atoms with Crippen molar-refractivity contribution in [2.24, 2.45) is 0 Å². The maximum Gasteiger partial charge on any atom is 0.533 e. The number of hydrogen-bond acceptors (Lipinski definition) is 3. The molecule has 0 radical (unpaired) electrons. The summed E-state index contributed by atoms with van der Waals surface area (Å²) in [6.45, 7) is 26.2. The van der Waals surface area contributed by atoms with Crippen LogP contribution >= 0.6 is 7.94 Å². The molecule has 3 nitrogen and oxygen atoms in total. The minimum absolute atomic E-state index is 0.0253. The van der Waals surface area contributed by atoms with Gasteiger partial charge >= 0.3 is 7.94 Å². The minimum atomic E-state index is -3.58. The van der Waals surface area contributed by atoms with Gasteiger partial charge in [0.05, 0.1) is 0 Å². The van der Waals surface area contributed by atoms with Crippen LogP contribution in [0.15, 0.2) is 66.7 Å². The minimum Gasteiger partial charge on any atom is -0.274 e. The lowest BCUT2D eigenvalue weighted by Crippen LogP contribution is -2.31. The summed E-state index contributed by atoms with van der Waals surface area (Å²) < 4.78 is 12.9. The smallest absolute Gasteiger partial charge is 0.274 e. The molecular weight excluding hydrogens is 487 g/mol. The summed E-state index contributed by atoms with van der Waals surface area (Å²) in [5, 5.41) is 0.706. The van der Waals surface area contributed by atoms with E-state index in [-0.39, 0.29) is 21.7 Å². The van der Waals surface area contributed by atoms with Crippen molar-refractivity contribution in [2.45, 2.75) is 105 Å². The molecule has 0 fully saturated rings. The van der Waals surface area contributed by atoms with Gasteiger partial charge in [0.1, 0.15) is 0 Å². The van der Waals surface area contributed by atoms with Crippen LogP contribution in [0, 0.1) is 0 Å². The van der Waals surface area contributed by atoms with E-state index < -0.39 is 7.94 Å². The topological polar surface area (TPSA) is 38.7 Å². The summed E-state index contributed by atoms with van der Waals surface area (Å²) in [4.78, 5) is 12.4. The fourth-order valence-corrected chi connectivity index (χ4v) is 6.30. The standard InChI is InChI=1S/C34H48O3P/c1-31(2,3)24-13-18-27(19-14-24)36-38(35,37-28-20-15-25(16-21-28)32(4,5)6)30-22-17-26(33(7,8)9)23-29(30)34(10,11)12/h13-23,35H,1-12H3/q+1. The van der Waals surface area contributed by atoms with Gasteiger partial charge in [-0.3, -0.25) is 9.05 Å². The third-order valence-corrected chi connectivity index (χ3v) is 8.79. The predicted octanol–water partition coefficient (Wildman–Crippen LogP) is 9.41. The van der Waals surface area contributed by atoms with Gasteiger partial charge in [0.2, 0.25) is 5.30 Å².